The lowest BCUT2D eigenvalue weighted by Crippen LogP contribution is -2.34. The van der Waals surface area contributed by atoms with Gasteiger partial charge in [-0.1, -0.05) is 6.07 Å². The maximum absolute atomic E-state index is 14.5. The smallest absolute Gasteiger partial charge is 0.258 e. The molecule has 4 rings (SSSR count). The van der Waals surface area contributed by atoms with Crippen molar-refractivity contribution in [1.82, 2.24) is 30.3 Å². The lowest BCUT2D eigenvalue weighted by molar-refractivity contribution is -0.123. The lowest BCUT2D eigenvalue weighted by atomic mass is 10.1. The van der Waals surface area contributed by atoms with E-state index < -0.39 is 29.9 Å². The molecule has 166 valence electrons. The number of aromatic nitrogens is 5. The number of halogens is 2. The van der Waals surface area contributed by atoms with Crippen LogP contribution < -0.4 is 10.1 Å². The van der Waals surface area contributed by atoms with Crippen molar-refractivity contribution < 1.29 is 18.3 Å². The standard InChI is InChI=1S/C22H22F2N6O2/c1-12(2)26-20(31)11-32-21-16(23)8-14(9-17(21)24)22-27-19(30(3)29-22)7-13-4-5-18-15(6-13)10-25-28-18/h4-6,8-10,12H,7,11H2,1-3H3,(H,25,28)(H,26,31). The minimum absolute atomic E-state index is 0.103. The first kappa shape index (κ1) is 21.4. The van der Waals surface area contributed by atoms with Gasteiger partial charge in [0.2, 0.25) is 0 Å². The second-order valence-corrected chi connectivity index (χ2v) is 7.72. The van der Waals surface area contributed by atoms with Crippen molar-refractivity contribution in [3.05, 3.63) is 59.6 Å². The molecule has 1 amide bonds. The van der Waals surface area contributed by atoms with E-state index >= 15 is 0 Å². The fourth-order valence-electron chi connectivity index (χ4n) is 3.31. The molecule has 0 atom stereocenters. The SMILES string of the molecule is CC(C)NC(=O)COc1c(F)cc(-c2nc(Cc3ccc4[nH]ncc4c3)n(C)n2)cc1F. The number of carbonyl (C=O) groups excluding carboxylic acids is 1. The maximum Gasteiger partial charge on any atom is 0.258 e. The molecule has 0 saturated heterocycles. The van der Waals surface area contributed by atoms with Crippen LogP contribution in [-0.2, 0) is 18.3 Å². The normalized spacial score (nSPS) is 11.3. The van der Waals surface area contributed by atoms with Crippen molar-refractivity contribution >= 4 is 16.8 Å². The van der Waals surface area contributed by atoms with Crippen LogP contribution in [-0.4, -0.2) is 43.5 Å². The topological polar surface area (TPSA) is 97.7 Å². The van der Waals surface area contributed by atoms with Gasteiger partial charge in [0.1, 0.15) is 5.82 Å². The molecule has 2 aromatic heterocycles. The molecule has 0 radical (unpaired) electrons. The van der Waals surface area contributed by atoms with Gasteiger partial charge in [-0.15, -0.1) is 0 Å². The van der Waals surface area contributed by atoms with E-state index in [1.165, 1.54) is 0 Å². The highest BCUT2D eigenvalue weighted by molar-refractivity contribution is 5.78. The molecule has 4 aromatic rings. The van der Waals surface area contributed by atoms with E-state index in [1.54, 1.807) is 31.8 Å². The molecular weight excluding hydrogens is 418 g/mol. The molecule has 32 heavy (non-hydrogen) atoms. The molecule has 2 heterocycles. The Bertz CT molecular complexity index is 1260. The molecule has 0 unspecified atom stereocenters. The molecule has 2 N–H and O–H groups in total. The summed E-state index contributed by atoms with van der Waals surface area (Å²) in [7, 11) is 1.72. The van der Waals surface area contributed by atoms with Crippen LogP contribution >= 0.6 is 0 Å². The summed E-state index contributed by atoms with van der Waals surface area (Å²) >= 11 is 0. The summed E-state index contributed by atoms with van der Waals surface area (Å²) in [5, 5.41) is 14.8. The van der Waals surface area contributed by atoms with E-state index in [4.69, 9.17) is 4.74 Å². The second-order valence-electron chi connectivity index (χ2n) is 7.72. The number of rotatable bonds is 7. The van der Waals surface area contributed by atoms with E-state index in [-0.39, 0.29) is 17.4 Å². The number of amides is 1. The van der Waals surface area contributed by atoms with Gasteiger partial charge in [0.25, 0.3) is 5.91 Å². The fraction of sp³-hybridized carbons (Fsp3) is 0.273. The molecule has 0 saturated carbocycles. The van der Waals surface area contributed by atoms with Gasteiger partial charge < -0.3 is 10.1 Å². The second kappa shape index (κ2) is 8.74. The first-order valence-electron chi connectivity index (χ1n) is 10.0. The number of H-pyrrole nitrogens is 1. The Kier molecular flexibility index (Phi) is 5.85. The van der Waals surface area contributed by atoms with Crippen molar-refractivity contribution in [1.29, 1.82) is 0 Å². The molecule has 0 aliphatic rings. The molecule has 0 aliphatic carbocycles. The van der Waals surface area contributed by atoms with Crippen molar-refractivity contribution in [2.24, 2.45) is 7.05 Å². The first-order valence-corrected chi connectivity index (χ1v) is 10.0. The van der Waals surface area contributed by atoms with E-state index in [1.807, 2.05) is 18.2 Å². The third kappa shape index (κ3) is 4.58. The van der Waals surface area contributed by atoms with Gasteiger partial charge in [-0.05, 0) is 43.7 Å². The van der Waals surface area contributed by atoms with Crippen LogP contribution in [0.1, 0.15) is 25.2 Å². The number of nitrogens with zero attached hydrogens (tertiary/aromatic N) is 4. The molecule has 10 heteroatoms. The van der Waals surface area contributed by atoms with E-state index in [2.05, 4.69) is 25.6 Å². The Labute approximate surface area is 182 Å². The number of aryl methyl sites for hydroxylation is 1. The molecule has 2 aromatic carbocycles. The number of fused-ring (bicyclic) bond motifs is 1. The van der Waals surface area contributed by atoms with Crippen molar-refractivity contribution in [2.75, 3.05) is 6.61 Å². The van der Waals surface area contributed by atoms with Gasteiger partial charge in [0.05, 0.1) is 11.7 Å². The third-order valence-corrected chi connectivity index (χ3v) is 4.77. The van der Waals surface area contributed by atoms with E-state index in [0.717, 1.165) is 28.6 Å². The van der Waals surface area contributed by atoms with Crippen LogP contribution in [0, 0.1) is 11.6 Å². The number of benzene rings is 2. The van der Waals surface area contributed by atoms with Crippen LogP contribution in [0.15, 0.2) is 36.5 Å². The zero-order valence-electron chi connectivity index (χ0n) is 17.8. The van der Waals surface area contributed by atoms with Gasteiger partial charge in [-0.2, -0.15) is 10.2 Å². The summed E-state index contributed by atoms with van der Waals surface area (Å²) in [4.78, 5) is 16.1. The molecule has 0 aliphatic heterocycles. The quantitative estimate of drug-likeness (QED) is 0.460. The highest BCUT2D eigenvalue weighted by atomic mass is 19.1. The van der Waals surface area contributed by atoms with E-state index in [0.29, 0.717) is 12.2 Å². The molecule has 0 spiro atoms. The van der Waals surface area contributed by atoms with Crippen LogP contribution in [0.2, 0.25) is 0 Å². The lowest BCUT2D eigenvalue weighted by Gasteiger charge is -2.11. The van der Waals surface area contributed by atoms with Crippen LogP contribution in [0.3, 0.4) is 0 Å². The number of hydrogen-bond donors (Lipinski definition) is 2. The van der Waals surface area contributed by atoms with Gasteiger partial charge in [0, 0.05) is 30.5 Å². The maximum atomic E-state index is 14.5. The minimum atomic E-state index is -0.934. The Hall–Kier alpha value is -3.82. The minimum Gasteiger partial charge on any atom is -0.478 e. The Morgan fingerprint density at radius 2 is 1.97 bits per heavy atom. The number of hydrogen-bond acceptors (Lipinski definition) is 5. The molecule has 8 nitrogen and oxygen atoms in total. The predicted molar refractivity (Wildman–Crippen MR) is 114 cm³/mol. The number of nitrogens with one attached hydrogen (secondary N) is 2. The van der Waals surface area contributed by atoms with Crippen LogP contribution in [0.5, 0.6) is 5.75 Å². The highest BCUT2D eigenvalue weighted by Gasteiger charge is 2.18. The third-order valence-electron chi connectivity index (χ3n) is 4.77. The average Bonchev–Trinajstić information content (AvgIpc) is 3.33. The number of aromatic amines is 1. The zero-order chi connectivity index (χ0) is 22.8. The molecular formula is C22H22F2N6O2. The van der Waals surface area contributed by atoms with Crippen molar-refractivity contribution in [3.63, 3.8) is 0 Å². The molecule has 0 fully saturated rings. The first-order chi connectivity index (χ1) is 15.3. The summed E-state index contributed by atoms with van der Waals surface area (Å²) in [5.74, 6) is -2.12. The van der Waals surface area contributed by atoms with Gasteiger partial charge >= 0.3 is 0 Å². The largest absolute Gasteiger partial charge is 0.478 e. The summed E-state index contributed by atoms with van der Waals surface area (Å²) < 4.78 is 35.6. The number of carbonyl (C=O) groups is 1. The van der Waals surface area contributed by atoms with E-state index in [9.17, 15) is 13.6 Å². The summed E-state index contributed by atoms with van der Waals surface area (Å²) in [6.45, 7) is 3.06. The average molecular weight is 440 g/mol. The predicted octanol–water partition coefficient (Wildman–Crippen LogP) is 3.13. The Morgan fingerprint density at radius 1 is 1.22 bits per heavy atom. The van der Waals surface area contributed by atoms with Crippen LogP contribution in [0.4, 0.5) is 8.78 Å². The van der Waals surface area contributed by atoms with Gasteiger partial charge in [-0.25, -0.2) is 13.8 Å². The summed E-state index contributed by atoms with van der Waals surface area (Å²) in [6.07, 6.45) is 2.23. The summed E-state index contributed by atoms with van der Waals surface area (Å²) in [5.41, 5.74) is 2.11. The highest BCUT2D eigenvalue weighted by Crippen LogP contribution is 2.28. The van der Waals surface area contributed by atoms with Crippen molar-refractivity contribution in [3.8, 4) is 17.1 Å². The van der Waals surface area contributed by atoms with Crippen LogP contribution in [0.25, 0.3) is 22.3 Å². The monoisotopic (exact) mass is 440 g/mol. The van der Waals surface area contributed by atoms with Gasteiger partial charge in [-0.3, -0.25) is 14.6 Å². The Morgan fingerprint density at radius 3 is 2.69 bits per heavy atom. The van der Waals surface area contributed by atoms with Gasteiger partial charge in [0.15, 0.2) is 29.8 Å². The molecule has 0 bridgehead atoms. The number of ether oxygens (including phenoxy) is 1. The Balaban J connectivity index is 1.53. The zero-order valence-corrected chi connectivity index (χ0v) is 17.8. The van der Waals surface area contributed by atoms with Crippen molar-refractivity contribution in [2.45, 2.75) is 26.3 Å². The summed E-state index contributed by atoms with van der Waals surface area (Å²) in [6, 6.07) is 7.96. The fourth-order valence-corrected chi connectivity index (χ4v) is 3.31.